The van der Waals surface area contributed by atoms with Crippen LogP contribution >= 0.6 is 23.4 Å². The third kappa shape index (κ3) is 4.86. The topological polar surface area (TPSA) is 88.2 Å². The SMILES string of the molecule is CCCNC(=O)NS(=O)(=O)c1cnccc1Sc1ccccc1Cl. The van der Waals surface area contributed by atoms with Gasteiger partial charge in [-0.05, 0) is 24.6 Å². The van der Waals surface area contributed by atoms with Crippen LogP contribution in [0.5, 0.6) is 0 Å². The van der Waals surface area contributed by atoms with Gasteiger partial charge in [0.15, 0.2) is 0 Å². The Kier molecular flexibility index (Phi) is 6.47. The van der Waals surface area contributed by atoms with Gasteiger partial charge in [-0.3, -0.25) is 4.98 Å². The number of pyridine rings is 1. The van der Waals surface area contributed by atoms with Gasteiger partial charge in [0, 0.05) is 28.7 Å². The van der Waals surface area contributed by atoms with Gasteiger partial charge in [0.1, 0.15) is 4.90 Å². The van der Waals surface area contributed by atoms with Crippen LogP contribution < -0.4 is 10.0 Å². The van der Waals surface area contributed by atoms with Crippen molar-refractivity contribution in [2.24, 2.45) is 0 Å². The van der Waals surface area contributed by atoms with Gasteiger partial charge in [0.25, 0.3) is 10.0 Å². The number of rotatable bonds is 6. The lowest BCUT2D eigenvalue weighted by molar-refractivity contribution is 0.246. The Morgan fingerprint density at radius 3 is 2.71 bits per heavy atom. The molecule has 2 amide bonds. The molecule has 0 aliphatic carbocycles. The van der Waals surface area contributed by atoms with Crippen LogP contribution in [-0.4, -0.2) is 26.0 Å². The minimum atomic E-state index is -4.04. The second kappa shape index (κ2) is 8.36. The fraction of sp³-hybridized carbons (Fsp3) is 0.200. The number of amides is 2. The first-order chi connectivity index (χ1) is 11.4. The van der Waals surface area contributed by atoms with Crippen LogP contribution in [0.1, 0.15) is 13.3 Å². The molecular weight excluding hydrogens is 370 g/mol. The number of hydrogen-bond donors (Lipinski definition) is 2. The lowest BCUT2D eigenvalue weighted by atomic mass is 10.4. The van der Waals surface area contributed by atoms with Crippen LogP contribution in [-0.2, 0) is 10.0 Å². The number of carbonyl (C=O) groups is 1. The average molecular weight is 386 g/mol. The first-order valence-corrected chi connectivity index (χ1v) is 9.79. The second-order valence-corrected chi connectivity index (χ2v) is 7.86. The van der Waals surface area contributed by atoms with Crippen molar-refractivity contribution in [3.63, 3.8) is 0 Å². The molecule has 6 nitrogen and oxygen atoms in total. The van der Waals surface area contributed by atoms with Gasteiger partial charge < -0.3 is 5.32 Å². The molecule has 2 aromatic rings. The van der Waals surface area contributed by atoms with E-state index < -0.39 is 16.1 Å². The summed E-state index contributed by atoms with van der Waals surface area (Å²) < 4.78 is 26.9. The predicted octanol–water partition coefficient (Wildman–Crippen LogP) is 3.28. The summed E-state index contributed by atoms with van der Waals surface area (Å²) in [5.41, 5.74) is 0. The normalized spacial score (nSPS) is 11.1. The first kappa shape index (κ1) is 18.6. The van der Waals surface area contributed by atoms with Gasteiger partial charge in [-0.25, -0.2) is 17.9 Å². The van der Waals surface area contributed by atoms with Crippen LogP contribution in [0.25, 0.3) is 0 Å². The van der Waals surface area contributed by atoms with Gasteiger partial charge in [-0.2, -0.15) is 0 Å². The molecule has 1 heterocycles. The smallest absolute Gasteiger partial charge is 0.328 e. The number of nitrogens with one attached hydrogen (secondary N) is 2. The summed E-state index contributed by atoms with van der Waals surface area (Å²) >= 11 is 7.31. The molecule has 0 saturated carbocycles. The lowest BCUT2D eigenvalue weighted by Gasteiger charge is -2.11. The minimum absolute atomic E-state index is 0.0819. The van der Waals surface area contributed by atoms with E-state index in [2.05, 4.69) is 10.3 Å². The van der Waals surface area contributed by atoms with Gasteiger partial charge >= 0.3 is 6.03 Å². The molecule has 0 spiro atoms. The van der Waals surface area contributed by atoms with Crippen LogP contribution in [0, 0.1) is 0 Å². The number of aromatic nitrogens is 1. The quantitative estimate of drug-likeness (QED) is 0.796. The van der Waals surface area contributed by atoms with E-state index >= 15 is 0 Å². The van der Waals surface area contributed by atoms with E-state index in [0.29, 0.717) is 27.8 Å². The first-order valence-electron chi connectivity index (χ1n) is 7.11. The summed E-state index contributed by atoms with van der Waals surface area (Å²) in [6, 6.07) is 7.89. The maximum Gasteiger partial charge on any atom is 0.328 e. The maximum atomic E-state index is 12.4. The number of sulfonamides is 1. The Bertz CT molecular complexity index is 828. The van der Waals surface area contributed by atoms with E-state index in [0.717, 1.165) is 0 Å². The number of carbonyl (C=O) groups excluding carboxylic acids is 1. The second-order valence-electron chi connectivity index (χ2n) is 4.72. The van der Waals surface area contributed by atoms with Crippen LogP contribution in [0.15, 0.2) is 57.4 Å². The molecule has 0 radical (unpaired) electrons. The molecular formula is C15H16ClN3O3S2. The van der Waals surface area contributed by atoms with Crippen LogP contribution in [0.2, 0.25) is 5.02 Å². The maximum absolute atomic E-state index is 12.4. The van der Waals surface area contributed by atoms with Crippen molar-refractivity contribution >= 4 is 39.4 Å². The van der Waals surface area contributed by atoms with E-state index in [4.69, 9.17) is 11.6 Å². The van der Waals surface area contributed by atoms with E-state index in [9.17, 15) is 13.2 Å². The molecule has 128 valence electrons. The summed E-state index contributed by atoms with van der Waals surface area (Å²) in [5.74, 6) is 0. The summed E-state index contributed by atoms with van der Waals surface area (Å²) in [4.78, 5) is 16.6. The third-order valence-corrected chi connectivity index (χ3v) is 5.94. The highest BCUT2D eigenvalue weighted by Gasteiger charge is 2.22. The van der Waals surface area contributed by atoms with Gasteiger partial charge in [-0.1, -0.05) is 42.4 Å². The summed E-state index contributed by atoms with van der Waals surface area (Å²) in [5, 5.41) is 2.97. The van der Waals surface area contributed by atoms with E-state index in [1.54, 1.807) is 30.3 Å². The highest BCUT2D eigenvalue weighted by molar-refractivity contribution is 8.00. The van der Waals surface area contributed by atoms with Crippen molar-refractivity contribution in [1.82, 2.24) is 15.0 Å². The Morgan fingerprint density at radius 1 is 1.25 bits per heavy atom. The van der Waals surface area contributed by atoms with Crippen LogP contribution in [0.4, 0.5) is 4.79 Å². The molecule has 0 aliphatic rings. The van der Waals surface area contributed by atoms with Gasteiger partial charge in [-0.15, -0.1) is 0 Å². The third-order valence-electron chi connectivity index (χ3n) is 2.86. The van der Waals surface area contributed by atoms with Crippen LogP contribution in [0.3, 0.4) is 0 Å². The van der Waals surface area contributed by atoms with Gasteiger partial charge in [0.05, 0.1) is 5.02 Å². The van der Waals surface area contributed by atoms with E-state index in [1.807, 2.05) is 11.6 Å². The zero-order valence-electron chi connectivity index (χ0n) is 12.8. The van der Waals surface area contributed by atoms with E-state index in [-0.39, 0.29) is 4.90 Å². The Morgan fingerprint density at radius 2 is 2.00 bits per heavy atom. The van der Waals surface area contributed by atoms with Crippen molar-refractivity contribution in [3.05, 3.63) is 47.7 Å². The molecule has 0 atom stereocenters. The number of benzene rings is 1. The summed E-state index contributed by atoms with van der Waals surface area (Å²) in [6.45, 7) is 2.25. The molecule has 1 aromatic heterocycles. The molecule has 1 aromatic carbocycles. The summed E-state index contributed by atoms with van der Waals surface area (Å²) in [7, 11) is -4.04. The molecule has 0 bridgehead atoms. The number of hydrogen-bond acceptors (Lipinski definition) is 5. The molecule has 0 aliphatic heterocycles. The molecule has 2 rings (SSSR count). The minimum Gasteiger partial charge on any atom is -0.337 e. The predicted molar refractivity (Wildman–Crippen MR) is 93.8 cm³/mol. The van der Waals surface area contributed by atoms with Crippen molar-refractivity contribution in [2.75, 3.05) is 6.54 Å². The number of urea groups is 1. The zero-order valence-corrected chi connectivity index (χ0v) is 15.2. The fourth-order valence-electron chi connectivity index (χ4n) is 1.75. The Balaban J connectivity index is 2.28. The fourth-order valence-corrected chi connectivity index (χ4v) is 4.25. The molecule has 9 heteroatoms. The largest absolute Gasteiger partial charge is 0.337 e. The van der Waals surface area contributed by atoms with Crippen molar-refractivity contribution in [3.8, 4) is 0 Å². The standard InChI is InChI=1S/C15H16ClN3O3S2/c1-2-8-18-15(20)19-24(21,22)14-10-17-9-7-13(14)23-12-6-4-3-5-11(12)16/h3-7,9-10H,2,8H2,1H3,(H2,18,19,20). The Hall–Kier alpha value is -1.77. The van der Waals surface area contributed by atoms with Crippen molar-refractivity contribution in [1.29, 1.82) is 0 Å². The Labute approximate surface area is 150 Å². The summed E-state index contributed by atoms with van der Waals surface area (Å²) in [6.07, 6.45) is 3.39. The molecule has 0 saturated heterocycles. The zero-order chi connectivity index (χ0) is 17.6. The molecule has 0 fully saturated rings. The lowest BCUT2D eigenvalue weighted by Crippen LogP contribution is -2.39. The van der Waals surface area contributed by atoms with Gasteiger partial charge in [0.2, 0.25) is 0 Å². The molecule has 2 N–H and O–H groups in total. The monoisotopic (exact) mass is 385 g/mol. The van der Waals surface area contributed by atoms with E-state index in [1.165, 1.54) is 24.2 Å². The highest BCUT2D eigenvalue weighted by Crippen LogP contribution is 2.35. The number of halogens is 1. The molecule has 0 unspecified atom stereocenters. The number of nitrogens with zero attached hydrogens (tertiary/aromatic N) is 1. The highest BCUT2D eigenvalue weighted by atomic mass is 35.5. The average Bonchev–Trinajstić information content (AvgIpc) is 2.55. The molecule has 24 heavy (non-hydrogen) atoms. The van der Waals surface area contributed by atoms with Crippen molar-refractivity contribution in [2.45, 2.75) is 28.0 Å². The van der Waals surface area contributed by atoms with Crippen molar-refractivity contribution < 1.29 is 13.2 Å².